The lowest BCUT2D eigenvalue weighted by molar-refractivity contribution is -0.131. The average molecular weight is 384 g/mol. The zero-order valence-electron chi connectivity index (χ0n) is 16.8. The van der Waals surface area contributed by atoms with Crippen molar-refractivity contribution in [3.8, 4) is 0 Å². The minimum absolute atomic E-state index is 0.218. The van der Waals surface area contributed by atoms with Crippen molar-refractivity contribution in [2.75, 3.05) is 39.4 Å². The van der Waals surface area contributed by atoms with E-state index < -0.39 is 6.67 Å². The van der Waals surface area contributed by atoms with Crippen LogP contribution in [0.25, 0.3) is 5.57 Å². The number of carbonyl (C=O) groups excluding carboxylic acids is 1. The molecule has 0 atom stereocenters. The second-order valence-corrected chi connectivity index (χ2v) is 7.56. The van der Waals surface area contributed by atoms with Crippen LogP contribution in [0.4, 0.5) is 4.39 Å². The van der Waals surface area contributed by atoms with Gasteiger partial charge in [0.05, 0.1) is 6.54 Å². The predicted octanol–water partition coefficient (Wildman–Crippen LogP) is 3.34. The molecule has 5 nitrogen and oxygen atoms in total. The zero-order valence-corrected chi connectivity index (χ0v) is 16.8. The lowest BCUT2D eigenvalue weighted by atomic mass is 9.99. The molecular weight excluding hydrogens is 355 g/mol. The van der Waals surface area contributed by atoms with Crippen LogP contribution >= 0.6 is 0 Å². The molecule has 0 spiro atoms. The van der Waals surface area contributed by atoms with Gasteiger partial charge in [0.25, 0.3) is 0 Å². The Balaban J connectivity index is 1.60. The zero-order chi connectivity index (χ0) is 19.9. The summed E-state index contributed by atoms with van der Waals surface area (Å²) in [7, 11) is 0. The number of amides is 1. The van der Waals surface area contributed by atoms with Gasteiger partial charge in [-0.2, -0.15) is 0 Å². The number of aromatic nitrogens is 2. The summed E-state index contributed by atoms with van der Waals surface area (Å²) in [5, 5.41) is 0. The first-order chi connectivity index (χ1) is 13.6. The number of allylic oxidation sites excluding steroid dienone is 4. The van der Waals surface area contributed by atoms with Gasteiger partial charge in [0, 0.05) is 31.1 Å². The van der Waals surface area contributed by atoms with Crippen molar-refractivity contribution in [2.45, 2.75) is 33.1 Å². The van der Waals surface area contributed by atoms with E-state index >= 15 is 0 Å². The maximum atomic E-state index is 13.4. The third-order valence-electron chi connectivity index (χ3n) is 5.37. The summed E-state index contributed by atoms with van der Waals surface area (Å²) in [5.41, 5.74) is 3.72. The summed E-state index contributed by atoms with van der Waals surface area (Å²) in [6, 6.07) is 0. The van der Waals surface area contributed by atoms with Gasteiger partial charge in [-0.3, -0.25) is 9.69 Å². The van der Waals surface area contributed by atoms with Crippen LogP contribution in [0.3, 0.4) is 0 Å². The van der Waals surface area contributed by atoms with E-state index in [-0.39, 0.29) is 5.91 Å². The number of hydrogen-bond donors (Lipinski definition) is 0. The molecule has 0 saturated carbocycles. The summed E-state index contributed by atoms with van der Waals surface area (Å²) in [4.78, 5) is 25.0. The summed E-state index contributed by atoms with van der Waals surface area (Å²) in [6.07, 6.45) is 12.4. The summed E-state index contributed by atoms with van der Waals surface area (Å²) >= 11 is 0. The van der Waals surface area contributed by atoms with E-state index in [1.54, 1.807) is 18.5 Å². The fourth-order valence-electron chi connectivity index (χ4n) is 3.56. The maximum absolute atomic E-state index is 13.4. The average Bonchev–Trinajstić information content (AvgIpc) is 3.22. The van der Waals surface area contributed by atoms with Crippen LogP contribution in [-0.2, 0) is 4.79 Å². The molecule has 1 amide bonds. The van der Waals surface area contributed by atoms with Gasteiger partial charge in [-0.05, 0) is 62.9 Å². The number of nitrogens with zero attached hydrogens (tertiary/aromatic N) is 4. The van der Waals surface area contributed by atoms with E-state index in [9.17, 15) is 9.18 Å². The molecule has 2 aliphatic rings. The van der Waals surface area contributed by atoms with E-state index in [2.05, 4.69) is 20.9 Å². The van der Waals surface area contributed by atoms with E-state index in [4.69, 9.17) is 0 Å². The van der Waals surface area contributed by atoms with Crippen LogP contribution in [-0.4, -0.2) is 65.1 Å². The van der Waals surface area contributed by atoms with Gasteiger partial charge in [-0.15, -0.1) is 0 Å². The molecule has 1 fully saturated rings. The molecule has 1 aromatic heterocycles. The van der Waals surface area contributed by atoms with Crippen molar-refractivity contribution >= 4 is 11.5 Å². The van der Waals surface area contributed by atoms with Crippen molar-refractivity contribution in [3.05, 3.63) is 53.2 Å². The number of hydrogen-bond acceptors (Lipinski definition) is 4. The number of aryl methyl sites for hydroxylation is 1. The van der Waals surface area contributed by atoms with E-state index in [1.807, 2.05) is 24.8 Å². The molecule has 0 bridgehead atoms. The minimum Gasteiger partial charge on any atom is -0.338 e. The number of alkyl halides is 1. The van der Waals surface area contributed by atoms with Crippen molar-refractivity contribution in [1.29, 1.82) is 0 Å². The van der Waals surface area contributed by atoms with Crippen LogP contribution in [0.5, 0.6) is 0 Å². The molecule has 3 rings (SSSR count). The first-order valence-electron chi connectivity index (χ1n) is 9.99. The summed E-state index contributed by atoms with van der Waals surface area (Å²) < 4.78 is 13.4. The highest BCUT2D eigenvalue weighted by molar-refractivity contribution is 5.78. The number of halogens is 1. The lowest BCUT2D eigenvalue weighted by Crippen LogP contribution is -2.41. The number of rotatable bonds is 6. The highest BCUT2D eigenvalue weighted by Crippen LogP contribution is 2.20. The van der Waals surface area contributed by atoms with Gasteiger partial charge >= 0.3 is 0 Å². The van der Waals surface area contributed by atoms with Crippen molar-refractivity contribution < 1.29 is 9.18 Å². The Labute approximate surface area is 166 Å². The fraction of sp³-hybridized carbons (Fsp3) is 0.500. The van der Waals surface area contributed by atoms with Gasteiger partial charge in [0.1, 0.15) is 6.67 Å². The third-order valence-corrected chi connectivity index (χ3v) is 5.37. The predicted molar refractivity (Wildman–Crippen MR) is 109 cm³/mol. The normalized spacial score (nSPS) is 19.1. The van der Waals surface area contributed by atoms with Crippen LogP contribution in [0, 0.1) is 6.92 Å². The number of carbonyl (C=O) groups is 1. The third kappa shape index (κ3) is 5.35. The Morgan fingerprint density at radius 2 is 1.89 bits per heavy atom. The van der Waals surface area contributed by atoms with Gasteiger partial charge in [-0.25, -0.2) is 14.4 Å². The molecule has 0 aliphatic carbocycles. The van der Waals surface area contributed by atoms with E-state index in [0.717, 1.165) is 37.2 Å². The molecule has 2 aliphatic heterocycles. The van der Waals surface area contributed by atoms with Gasteiger partial charge < -0.3 is 4.90 Å². The van der Waals surface area contributed by atoms with Gasteiger partial charge in [0.15, 0.2) is 5.82 Å². The molecule has 3 heterocycles. The SMILES string of the molecule is C/C(=C\C=C(/CF)c1ncc(C)cn1)C1=CCN(C(=O)CN2CCCC2)CC1. The van der Waals surface area contributed by atoms with Gasteiger partial charge in [-0.1, -0.05) is 18.2 Å². The fourth-order valence-corrected chi connectivity index (χ4v) is 3.56. The van der Waals surface area contributed by atoms with Crippen LogP contribution in [0.2, 0.25) is 0 Å². The topological polar surface area (TPSA) is 49.3 Å². The van der Waals surface area contributed by atoms with Crippen molar-refractivity contribution in [1.82, 2.24) is 19.8 Å². The first kappa shape index (κ1) is 20.4. The molecular formula is C22H29FN4O. The molecule has 0 aromatic carbocycles. The smallest absolute Gasteiger partial charge is 0.237 e. The molecule has 0 radical (unpaired) electrons. The quantitative estimate of drug-likeness (QED) is 0.706. The number of likely N-dealkylation sites (tertiary alicyclic amines) is 1. The molecule has 0 N–H and O–H groups in total. The molecule has 1 aromatic rings. The monoisotopic (exact) mass is 384 g/mol. The molecule has 1 saturated heterocycles. The van der Waals surface area contributed by atoms with Crippen LogP contribution in [0.1, 0.15) is 37.6 Å². The largest absolute Gasteiger partial charge is 0.338 e. The van der Waals surface area contributed by atoms with Crippen molar-refractivity contribution in [3.63, 3.8) is 0 Å². The Morgan fingerprint density at radius 1 is 1.18 bits per heavy atom. The van der Waals surface area contributed by atoms with Crippen molar-refractivity contribution in [2.24, 2.45) is 0 Å². The Kier molecular flexibility index (Phi) is 7.09. The maximum Gasteiger partial charge on any atom is 0.237 e. The van der Waals surface area contributed by atoms with E-state index in [0.29, 0.717) is 24.5 Å². The standard InChI is InChI=1S/C22H29FN4O/c1-17-14-24-22(25-15-17)20(13-23)6-5-18(2)19-7-11-27(12-8-19)21(28)16-26-9-3-4-10-26/h5-7,14-15H,3-4,8-13,16H2,1-2H3/b18-5+,20-6+. The second kappa shape index (κ2) is 9.73. The molecule has 150 valence electrons. The van der Waals surface area contributed by atoms with E-state index in [1.165, 1.54) is 18.4 Å². The van der Waals surface area contributed by atoms with Crippen LogP contribution < -0.4 is 0 Å². The second-order valence-electron chi connectivity index (χ2n) is 7.56. The Bertz CT molecular complexity index is 776. The Hall–Kier alpha value is -2.34. The molecule has 6 heteroatoms. The molecule has 28 heavy (non-hydrogen) atoms. The lowest BCUT2D eigenvalue weighted by Gasteiger charge is -2.28. The minimum atomic E-state index is -0.606. The van der Waals surface area contributed by atoms with Gasteiger partial charge in [0.2, 0.25) is 5.91 Å². The highest BCUT2D eigenvalue weighted by Gasteiger charge is 2.21. The highest BCUT2D eigenvalue weighted by atomic mass is 19.1. The summed E-state index contributed by atoms with van der Waals surface area (Å²) in [6.45, 7) is 7.32. The first-order valence-corrected chi connectivity index (χ1v) is 9.99. The summed E-state index contributed by atoms with van der Waals surface area (Å²) in [5.74, 6) is 0.642. The van der Waals surface area contributed by atoms with Crippen LogP contribution in [0.15, 0.2) is 41.8 Å². The Morgan fingerprint density at radius 3 is 2.50 bits per heavy atom. The molecule has 0 unspecified atom stereocenters.